The first kappa shape index (κ1) is 16.9. The lowest BCUT2D eigenvalue weighted by Crippen LogP contribution is -2.38. The zero-order valence-corrected chi connectivity index (χ0v) is 13.7. The van der Waals surface area contributed by atoms with Crippen molar-refractivity contribution < 1.29 is 8.42 Å². The van der Waals surface area contributed by atoms with E-state index in [1.54, 1.807) is 0 Å². The third-order valence-corrected chi connectivity index (χ3v) is 6.41. The third kappa shape index (κ3) is 4.43. The van der Waals surface area contributed by atoms with Gasteiger partial charge >= 0.3 is 0 Å². The van der Waals surface area contributed by atoms with E-state index in [2.05, 4.69) is 10.0 Å². The van der Waals surface area contributed by atoms with Gasteiger partial charge in [0.05, 0.1) is 0 Å². The van der Waals surface area contributed by atoms with Crippen molar-refractivity contribution in [2.45, 2.75) is 30.9 Å². The number of hydrogen-bond donors (Lipinski definition) is 2. The van der Waals surface area contributed by atoms with E-state index in [1.807, 2.05) is 19.9 Å². The van der Waals surface area contributed by atoms with Crippen LogP contribution in [0, 0.1) is 19.8 Å². The maximum atomic E-state index is 12.2. The Morgan fingerprint density at radius 2 is 2.21 bits per heavy atom. The molecule has 2 heterocycles. The van der Waals surface area contributed by atoms with Gasteiger partial charge in [0.2, 0.25) is 10.0 Å². The van der Waals surface area contributed by atoms with Crippen molar-refractivity contribution in [1.82, 2.24) is 10.0 Å². The SMILES string of the molecule is Cc1cc(C)c(S(=O)(=O)NCC2CCCNC2)s1.Cl. The molecule has 0 saturated carbocycles. The van der Waals surface area contributed by atoms with Crippen molar-refractivity contribution in [1.29, 1.82) is 0 Å². The molecule has 0 aromatic carbocycles. The van der Waals surface area contributed by atoms with Gasteiger partial charge in [0.15, 0.2) is 0 Å². The number of aryl methyl sites for hydroxylation is 2. The Kier molecular flexibility index (Phi) is 6.26. The van der Waals surface area contributed by atoms with Crippen LogP contribution in [0.4, 0.5) is 0 Å². The van der Waals surface area contributed by atoms with E-state index in [4.69, 9.17) is 0 Å². The molecule has 7 heteroatoms. The fraction of sp³-hybridized carbons (Fsp3) is 0.667. The number of rotatable bonds is 4. The molecule has 2 N–H and O–H groups in total. The maximum Gasteiger partial charge on any atom is 0.250 e. The van der Waals surface area contributed by atoms with Crippen LogP contribution < -0.4 is 10.0 Å². The summed E-state index contributed by atoms with van der Waals surface area (Å²) in [5, 5.41) is 3.29. The average Bonchev–Trinajstić information content (AvgIpc) is 2.68. The van der Waals surface area contributed by atoms with Crippen LogP contribution in [0.5, 0.6) is 0 Å². The van der Waals surface area contributed by atoms with Crippen LogP contribution in [0.2, 0.25) is 0 Å². The first-order valence-electron chi connectivity index (χ1n) is 6.26. The predicted octanol–water partition coefficient (Wildman–Crippen LogP) is 2.06. The van der Waals surface area contributed by atoms with Crippen LogP contribution in [0.1, 0.15) is 23.3 Å². The largest absolute Gasteiger partial charge is 0.316 e. The van der Waals surface area contributed by atoms with Crippen molar-refractivity contribution in [2.75, 3.05) is 19.6 Å². The normalized spacial score (nSPS) is 20.0. The molecular weight excluding hydrogens is 304 g/mol. The van der Waals surface area contributed by atoms with Crippen LogP contribution >= 0.6 is 23.7 Å². The van der Waals surface area contributed by atoms with E-state index in [1.165, 1.54) is 11.3 Å². The van der Waals surface area contributed by atoms with Crippen molar-refractivity contribution in [3.05, 3.63) is 16.5 Å². The van der Waals surface area contributed by atoms with E-state index < -0.39 is 10.0 Å². The topological polar surface area (TPSA) is 58.2 Å². The number of halogens is 1. The summed E-state index contributed by atoms with van der Waals surface area (Å²) in [6, 6.07) is 1.92. The smallest absolute Gasteiger partial charge is 0.250 e. The second kappa shape index (κ2) is 7.04. The van der Waals surface area contributed by atoms with E-state index in [0.717, 1.165) is 36.4 Å². The number of sulfonamides is 1. The van der Waals surface area contributed by atoms with Gasteiger partial charge in [-0.2, -0.15) is 0 Å². The molecule has 1 unspecified atom stereocenters. The van der Waals surface area contributed by atoms with E-state index in [0.29, 0.717) is 16.7 Å². The number of thiophene rings is 1. The van der Waals surface area contributed by atoms with Gasteiger partial charge in [-0.3, -0.25) is 0 Å². The minimum absolute atomic E-state index is 0. The van der Waals surface area contributed by atoms with Crippen LogP contribution in [-0.4, -0.2) is 28.1 Å². The first-order chi connectivity index (χ1) is 8.49. The summed E-state index contributed by atoms with van der Waals surface area (Å²) in [7, 11) is -3.33. The minimum atomic E-state index is -3.33. The van der Waals surface area contributed by atoms with Crippen LogP contribution in [0.3, 0.4) is 0 Å². The van der Waals surface area contributed by atoms with Crippen LogP contribution in [0.25, 0.3) is 0 Å². The fourth-order valence-electron chi connectivity index (χ4n) is 2.28. The summed E-state index contributed by atoms with van der Waals surface area (Å²) in [6.45, 7) is 6.27. The molecule has 0 bridgehead atoms. The van der Waals surface area contributed by atoms with Crippen molar-refractivity contribution in [3.8, 4) is 0 Å². The Hall–Kier alpha value is -0.140. The minimum Gasteiger partial charge on any atom is -0.316 e. The Morgan fingerprint density at radius 1 is 1.47 bits per heavy atom. The van der Waals surface area contributed by atoms with E-state index >= 15 is 0 Å². The van der Waals surface area contributed by atoms with Gasteiger partial charge in [-0.1, -0.05) is 0 Å². The average molecular weight is 325 g/mol. The van der Waals surface area contributed by atoms with Gasteiger partial charge in [0.25, 0.3) is 0 Å². The highest BCUT2D eigenvalue weighted by molar-refractivity contribution is 7.91. The number of piperidine rings is 1. The Morgan fingerprint density at radius 3 is 2.74 bits per heavy atom. The molecule has 1 fully saturated rings. The molecule has 1 aromatic rings. The zero-order valence-electron chi connectivity index (χ0n) is 11.2. The van der Waals surface area contributed by atoms with Gasteiger partial charge in [0.1, 0.15) is 4.21 Å². The lowest BCUT2D eigenvalue weighted by Gasteiger charge is -2.22. The molecule has 1 aromatic heterocycles. The standard InChI is InChI=1S/C12H20N2O2S2.ClH/c1-9-6-10(2)17-12(9)18(15,16)14-8-11-4-3-5-13-7-11;/h6,11,13-14H,3-5,7-8H2,1-2H3;1H. The molecule has 1 aliphatic heterocycles. The molecule has 0 aliphatic carbocycles. The quantitative estimate of drug-likeness (QED) is 0.891. The lowest BCUT2D eigenvalue weighted by atomic mass is 10.0. The van der Waals surface area contributed by atoms with Gasteiger partial charge in [-0.15, -0.1) is 23.7 Å². The summed E-state index contributed by atoms with van der Waals surface area (Å²) in [6.07, 6.45) is 2.22. The maximum absolute atomic E-state index is 12.2. The number of nitrogens with one attached hydrogen (secondary N) is 2. The Balaban J connectivity index is 0.00000180. The summed E-state index contributed by atoms with van der Waals surface area (Å²) >= 11 is 1.34. The van der Waals surface area contributed by atoms with Crippen LogP contribution in [-0.2, 0) is 10.0 Å². The summed E-state index contributed by atoms with van der Waals surface area (Å²) < 4.78 is 27.6. The molecule has 110 valence electrons. The van der Waals surface area contributed by atoms with E-state index in [9.17, 15) is 8.42 Å². The molecule has 0 amide bonds. The van der Waals surface area contributed by atoms with Crippen LogP contribution in [0.15, 0.2) is 10.3 Å². The third-order valence-electron chi connectivity index (χ3n) is 3.20. The molecule has 1 aliphatic rings. The number of hydrogen-bond acceptors (Lipinski definition) is 4. The molecular formula is C12H21ClN2O2S2. The second-order valence-corrected chi connectivity index (χ2v) is 8.11. The van der Waals surface area contributed by atoms with Crippen molar-refractivity contribution in [3.63, 3.8) is 0 Å². The highest BCUT2D eigenvalue weighted by Crippen LogP contribution is 2.25. The molecule has 19 heavy (non-hydrogen) atoms. The highest BCUT2D eigenvalue weighted by Gasteiger charge is 2.21. The highest BCUT2D eigenvalue weighted by atomic mass is 35.5. The van der Waals surface area contributed by atoms with Gasteiger partial charge < -0.3 is 5.32 Å². The molecule has 4 nitrogen and oxygen atoms in total. The van der Waals surface area contributed by atoms with Gasteiger partial charge in [-0.25, -0.2) is 13.1 Å². The Bertz CT molecular complexity index is 508. The molecule has 1 saturated heterocycles. The van der Waals surface area contributed by atoms with E-state index in [-0.39, 0.29) is 12.4 Å². The first-order valence-corrected chi connectivity index (χ1v) is 8.56. The molecule has 0 spiro atoms. The predicted molar refractivity (Wildman–Crippen MR) is 81.8 cm³/mol. The van der Waals surface area contributed by atoms with Gasteiger partial charge in [0, 0.05) is 11.4 Å². The lowest BCUT2D eigenvalue weighted by molar-refractivity contribution is 0.376. The van der Waals surface area contributed by atoms with Gasteiger partial charge in [-0.05, 0) is 57.3 Å². The molecule has 0 radical (unpaired) electrons. The van der Waals surface area contributed by atoms with Crippen molar-refractivity contribution >= 4 is 33.8 Å². The molecule has 1 atom stereocenters. The summed E-state index contributed by atoms with van der Waals surface area (Å²) in [4.78, 5) is 1.03. The Labute approximate surface area is 125 Å². The monoisotopic (exact) mass is 324 g/mol. The zero-order chi connectivity index (χ0) is 13.2. The fourth-order valence-corrected chi connectivity index (χ4v) is 5.11. The molecule has 2 rings (SSSR count). The summed E-state index contributed by atoms with van der Waals surface area (Å²) in [5.74, 6) is 0.412. The summed E-state index contributed by atoms with van der Waals surface area (Å²) in [5.41, 5.74) is 0.840. The van der Waals surface area contributed by atoms with Crippen molar-refractivity contribution in [2.24, 2.45) is 5.92 Å². The second-order valence-electron chi connectivity index (χ2n) is 4.89.